The average molecular weight is 219 g/mol. The number of pyridine rings is 1. The van der Waals surface area contributed by atoms with Crippen LogP contribution in [0.15, 0.2) is 18.5 Å². The Balaban J connectivity index is 3.09. The minimum absolute atomic E-state index is 0.199. The molecule has 1 amide bonds. The van der Waals surface area contributed by atoms with E-state index in [-0.39, 0.29) is 5.56 Å². The standard InChI is InChI=1S/C8H8F3N3O/c1-14(12)7(15)5-2-6(4-13-3-5)8(9,10)11/h2-4H,12H2,1H3. The summed E-state index contributed by atoms with van der Waals surface area (Å²) in [5.41, 5.74) is -1.18. The summed E-state index contributed by atoms with van der Waals surface area (Å²) in [6.07, 6.45) is -2.84. The second-order valence-corrected chi connectivity index (χ2v) is 2.88. The zero-order valence-corrected chi connectivity index (χ0v) is 7.75. The van der Waals surface area contributed by atoms with E-state index in [9.17, 15) is 18.0 Å². The van der Waals surface area contributed by atoms with Gasteiger partial charge < -0.3 is 0 Å². The molecule has 0 fully saturated rings. The van der Waals surface area contributed by atoms with Gasteiger partial charge in [-0.05, 0) is 6.07 Å². The third-order valence-electron chi connectivity index (χ3n) is 1.63. The van der Waals surface area contributed by atoms with Gasteiger partial charge in [-0.15, -0.1) is 0 Å². The highest BCUT2D eigenvalue weighted by Gasteiger charge is 2.31. The average Bonchev–Trinajstić information content (AvgIpc) is 2.15. The van der Waals surface area contributed by atoms with Crippen molar-refractivity contribution >= 4 is 5.91 Å². The van der Waals surface area contributed by atoms with E-state index in [1.54, 1.807) is 0 Å². The van der Waals surface area contributed by atoms with E-state index in [0.29, 0.717) is 17.3 Å². The molecule has 0 aliphatic heterocycles. The maximum atomic E-state index is 12.2. The summed E-state index contributed by atoms with van der Waals surface area (Å²) in [6.45, 7) is 0. The van der Waals surface area contributed by atoms with Gasteiger partial charge in [-0.2, -0.15) is 13.2 Å². The lowest BCUT2D eigenvalue weighted by Crippen LogP contribution is -2.33. The van der Waals surface area contributed by atoms with Crippen LogP contribution >= 0.6 is 0 Å². The van der Waals surface area contributed by atoms with Gasteiger partial charge in [0.15, 0.2) is 0 Å². The number of hydrogen-bond acceptors (Lipinski definition) is 3. The van der Waals surface area contributed by atoms with Crippen LogP contribution in [0.25, 0.3) is 0 Å². The second kappa shape index (κ2) is 3.85. The Hall–Kier alpha value is -1.63. The quantitative estimate of drug-likeness (QED) is 0.436. The number of nitrogens with zero attached hydrogens (tertiary/aromatic N) is 2. The Morgan fingerprint density at radius 1 is 1.47 bits per heavy atom. The van der Waals surface area contributed by atoms with Crippen molar-refractivity contribution in [2.75, 3.05) is 7.05 Å². The van der Waals surface area contributed by atoms with Crippen molar-refractivity contribution in [2.45, 2.75) is 6.18 Å². The third kappa shape index (κ3) is 2.66. The summed E-state index contributed by atoms with van der Waals surface area (Å²) in [5, 5.41) is 0.692. The van der Waals surface area contributed by atoms with E-state index in [4.69, 9.17) is 5.84 Å². The Labute approximate surface area is 83.5 Å². The maximum absolute atomic E-state index is 12.2. The lowest BCUT2D eigenvalue weighted by molar-refractivity contribution is -0.137. The molecule has 0 radical (unpaired) electrons. The molecule has 4 nitrogen and oxygen atoms in total. The highest BCUT2D eigenvalue weighted by atomic mass is 19.4. The molecule has 0 atom stereocenters. The fraction of sp³-hybridized carbons (Fsp3) is 0.250. The molecule has 82 valence electrons. The predicted octanol–water partition coefficient (Wildman–Crippen LogP) is 1.05. The van der Waals surface area contributed by atoms with Gasteiger partial charge in [0.25, 0.3) is 5.91 Å². The monoisotopic (exact) mass is 219 g/mol. The van der Waals surface area contributed by atoms with E-state index in [1.165, 1.54) is 7.05 Å². The largest absolute Gasteiger partial charge is 0.417 e. The molecule has 0 aromatic carbocycles. The minimum Gasteiger partial charge on any atom is -0.280 e. The van der Waals surface area contributed by atoms with Crippen molar-refractivity contribution in [3.8, 4) is 0 Å². The van der Waals surface area contributed by atoms with Gasteiger partial charge in [0.1, 0.15) is 0 Å². The number of nitrogens with two attached hydrogens (primary N) is 1. The van der Waals surface area contributed by atoms with Crippen LogP contribution in [0, 0.1) is 0 Å². The summed E-state index contributed by atoms with van der Waals surface area (Å²) in [7, 11) is 1.24. The summed E-state index contributed by atoms with van der Waals surface area (Å²) in [4.78, 5) is 14.5. The van der Waals surface area contributed by atoms with E-state index >= 15 is 0 Å². The number of amides is 1. The van der Waals surface area contributed by atoms with Crippen LogP contribution in [-0.4, -0.2) is 22.9 Å². The maximum Gasteiger partial charge on any atom is 0.417 e. The zero-order valence-electron chi connectivity index (χ0n) is 7.75. The number of halogens is 3. The Bertz CT molecular complexity index is 376. The molecule has 0 saturated heterocycles. The number of carbonyl (C=O) groups excluding carboxylic acids is 1. The SMILES string of the molecule is CN(N)C(=O)c1cncc(C(F)(F)F)c1. The van der Waals surface area contributed by atoms with Crippen molar-refractivity contribution in [1.29, 1.82) is 0 Å². The van der Waals surface area contributed by atoms with Gasteiger partial charge in [0.2, 0.25) is 0 Å². The number of carbonyl (C=O) groups is 1. The molecular formula is C8H8F3N3O. The molecule has 0 aliphatic rings. The molecule has 15 heavy (non-hydrogen) atoms. The van der Waals surface area contributed by atoms with Gasteiger partial charge >= 0.3 is 6.18 Å². The van der Waals surface area contributed by atoms with Crippen LogP contribution in [0.3, 0.4) is 0 Å². The first kappa shape index (κ1) is 11.4. The molecule has 1 aromatic rings. The van der Waals surface area contributed by atoms with Gasteiger partial charge in [-0.1, -0.05) is 0 Å². The molecule has 0 spiro atoms. The van der Waals surface area contributed by atoms with Crippen molar-refractivity contribution in [2.24, 2.45) is 5.84 Å². The molecule has 1 aromatic heterocycles. The van der Waals surface area contributed by atoms with E-state index in [1.807, 2.05) is 0 Å². The Morgan fingerprint density at radius 3 is 2.53 bits per heavy atom. The van der Waals surface area contributed by atoms with Crippen LogP contribution < -0.4 is 5.84 Å². The first-order valence-corrected chi connectivity index (χ1v) is 3.87. The van der Waals surface area contributed by atoms with Crippen LogP contribution in [0.2, 0.25) is 0 Å². The molecule has 2 N–H and O–H groups in total. The van der Waals surface area contributed by atoms with Gasteiger partial charge in [0.05, 0.1) is 11.1 Å². The summed E-state index contributed by atoms with van der Waals surface area (Å²) in [5.74, 6) is 4.37. The highest BCUT2D eigenvalue weighted by molar-refractivity contribution is 5.93. The smallest absolute Gasteiger partial charge is 0.280 e. The third-order valence-corrected chi connectivity index (χ3v) is 1.63. The van der Waals surface area contributed by atoms with E-state index in [0.717, 1.165) is 6.20 Å². The van der Waals surface area contributed by atoms with E-state index in [2.05, 4.69) is 4.98 Å². The van der Waals surface area contributed by atoms with Crippen LogP contribution in [0.5, 0.6) is 0 Å². The summed E-state index contributed by atoms with van der Waals surface area (Å²) >= 11 is 0. The number of rotatable bonds is 1. The topological polar surface area (TPSA) is 59.2 Å². The molecule has 7 heteroatoms. The summed E-state index contributed by atoms with van der Waals surface area (Å²) in [6, 6.07) is 0.707. The number of hydrazine groups is 1. The first-order chi connectivity index (χ1) is 6.82. The number of hydrogen-bond donors (Lipinski definition) is 1. The molecular weight excluding hydrogens is 211 g/mol. The number of aromatic nitrogens is 1. The molecule has 0 saturated carbocycles. The molecule has 1 heterocycles. The molecule has 0 bridgehead atoms. The summed E-state index contributed by atoms with van der Waals surface area (Å²) < 4.78 is 36.7. The Kier molecular flexibility index (Phi) is 2.94. The van der Waals surface area contributed by atoms with Gasteiger partial charge in [-0.25, -0.2) is 5.84 Å². The molecule has 0 aliphatic carbocycles. The van der Waals surface area contributed by atoms with Crippen molar-refractivity contribution in [1.82, 2.24) is 9.99 Å². The number of alkyl halides is 3. The van der Waals surface area contributed by atoms with Crippen molar-refractivity contribution < 1.29 is 18.0 Å². The fourth-order valence-electron chi connectivity index (χ4n) is 0.916. The van der Waals surface area contributed by atoms with Crippen molar-refractivity contribution in [3.63, 3.8) is 0 Å². The van der Waals surface area contributed by atoms with Gasteiger partial charge in [-0.3, -0.25) is 14.8 Å². The van der Waals surface area contributed by atoms with Crippen LogP contribution in [0.1, 0.15) is 15.9 Å². The Morgan fingerprint density at radius 2 is 2.07 bits per heavy atom. The second-order valence-electron chi connectivity index (χ2n) is 2.88. The van der Waals surface area contributed by atoms with Crippen LogP contribution in [0.4, 0.5) is 13.2 Å². The van der Waals surface area contributed by atoms with Crippen molar-refractivity contribution in [3.05, 3.63) is 29.6 Å². The molecule has 1 rings (SSSR count). The lowest BCUT2D eigenvalue weighted by atomic mass is 10.2. The first-order valence-electron chi connectivity index (χ1n) is 3.87. The fourth-order valence-corrected chi connectivity index (χ4v) is 0.916. The van der Waals surface area contributed by atoms with E-state index < -0.39 is 17.6 Å². The molecule has 0 unspecified atom stereocenters. The lowest BCUT2D eigenvalue weighted by Gasteiger charge is -2.11. The highest BCUT2D eigenvalue weighted by Crippen LogP contribution is 2.28. The van der Waals surface area contributed by atoms with Gasteiger partial charge in [0, 0.05) is 19.4 Å². The predicted molar refractivity (Wildman–Crippen MR) is 45.5 cm³/mol. The normalized spacial score (nSPS) is 11.3. The van der Waals surface area contributed by atoms with Crippen LogP contribution in [-0.2, 0) is 6.18 Å². The zero-order chi connectivity index (χ0) is 11.6. The minimum atomic E-state index is -4.52.